The summed E-state index contributed by atoms with van der Waals surface area (Å²) in [5.74, 6) is 0.803. The molecule has 0 fully saturated rings. The molecule has 0 saturated heterocycles. The van der Waals surface area contributed by atoms with Crippen molar-refractivity contribution in [2.45, 2.75) is 25.8 Å². The van der Waals surface area contributed by atoms with E-state index in [-0.39, 0.29) is 11.9 Å². The van der Waals surface area contributed by atoms with E-state index in [1.54, 1.807) is 36.4 Å². The molecule has 1 amide bonds. The Kier molecular flexibility index (Phi) is 5.69. The first-order chi connectivity index (χ1) is 12.5. The number of rotatable bonds is 6. The van der Waals surface area contributed by atoms with Crippen LogP contribution >= 0.6 is 23.2 Å². The van der Waals surface area contributed by atoms with Gasteiger partial charge in [-0.15, -0.1) is 0 Å². The SMILES string of the molecule is CC(CCc1ccco1)N(C)C(=O)c1cc(-c2ccc(Cl)c(Cl)c2)n[nH]1. The molecule has 0 aliphatic carbocycles. The smallest absolute Gasteiger partial charge is 0.271 e. The van der Waals surface area contributed by atoms with Gasteiger partial charge in [-0.25, -0.2) is 0 Å². The Hall–Kier alpha value is -2.24. The summed E-state index contributed by atoms with van der Waals surface area (Å²) in [6.07, 6.45) is 3.25. The summed E-state index contributed by atoms with van der Waals surface area (Å²) in [5.41, 5.74) is 1.87. The Bertz CT molecular complexity index is 890. The van der Waals surface area contributed by atoms with Gasteiger partial charge in [0, 0.05) is 25.1 Å². The molecular weight excluding hydrogens is 373 g/mol. The highest BCUT2D eigenvalue weighted by atomic mass is 35.5. The second-order valence-corrected chi connectivity index (χ2v) is 6.99. The Morgan fingerprint density at radius 2 is 2.08 bits per heavy atom. The molecule has 0 saturated carbocycles. The molecule has 5 nitrogen and oxygen atoms in total. The van der Waals surface area contributed by atoms with E-state index < -0.39 is 0 Å². The van der Waals surface area contributed by atoms with Gasteiger partial charge in [-0.3, -0.25) is 9.89 Å². The highest BCUT2D eigenvalue weighted by Gasteiger charge is 2.20. The van der Waals surface area contributed by atoms with Crippen LogP contribution < -0.4 is 0 Å². The van der Waals surface area contributed by atoms with E-state index in [0.29, 0.717) is 21.4 Å². The number of aryl methyl sites for hydroxylation is 1. The number of benzene rings is 1. The van der Waals surface area contributed by atoms with Crippen LogP contribution in [0.3, 0.4) is 0 Å². The van der Waals surface area contributed by atoms with Crippen molar-refractivity contribution in [3.63, 3.8) is 0 Å². The first-order valence-corrected chi connectivity index (χ1v) is 9.01. The molecule has 0 radical (unpaired) electrons. The molecule has 0 aliphatic rings. The third kappa shape index (κ3) is 4.11. The van der Waals surface area contributed by atoms with Gasteiger partial charge in [0.2, 0.25) is 0 Å². The fourth-order valence-electron chi connectivity index (χ4n) is 2.62. The first-order valence-electron chi connectivity index (χ1n) is 8.26. The third-order valence-corrected chi connectivity index (χ3v) is 5.13. The molecule has 7 heteroatoms. The Labute approximate surface area is 161 Å². The van der Waals surface area contributed by atoms with Crippen molar-refractivity contribution in [3.8, 4) is 11.3 Å². The third-order valence-electron chi connectivity index (χ3n) is 4.39. The summed E-state index contributed by atoms with van der Waals surface area (Å²) in [4.78, 5) is 14.4. The monoisotopic (exact) mass is 391 g/mol. The molecular formula is C19H19Cl2N3O2. The van der Waals surface area contributed by atoms with Gasteiger partial charge in [-0.1, -0.05) is 29.3 Å². The zero-order chi connectivity index (χ0) is 18.7. The number of amides is 1. The zero-order valence-electron chi connectivity index (χ0n) is 14.5. The van der Waals surface area contributed by atoms with E-state index in [2.05, 4.69) is 10.2 Å². The molecule has 0 spiro atoms. The van der Waals surface area contributed by atoms with Crippen LogP contribution in [0.15, 0.2) is 47.1 Å². The maximum Gasteiger partial charge on any atom is 0.271 e. The van der Waals surface area contributed by atoms with Gasteiger partial charge in [0.05, 0.1) is 22.0 Å². The van der Waals surface area contributed by atoms with Crippen molar-refractivity contribution >= 4 is 29.1 Å². The number of aromatic amines is 1. The minimum atomic E-state index is -0.115. The highest BCUT2D eigenvalue weighted by molar-refractivity contribution is 6.42. The van der Waals surface area contributed by atoms with Crippen molar-refractivity contribution in [2.75, 3.05) is 7.05 Å². The number of H-pyrrole nitrogens is 1. The van der Waals surface area contributed by atoms with E-state index in [4.69, 9.17) is 27.6 Å². The first kappa shape index (κ1) is 18.5. The molecule has 0 bridgehead atoms. The van der Waals surface area contributed by atoms with Crippen LogP contribution in [-0.4, -0.2) is 34.1 Å². The molecule has 3 rings (SSSR count). The van der Waals surface area contributed by atoms with Crippen LogP contribution in [0.4, 0.5) is 0 Å². The summed E-state index contributed by atoms with van der Waals surface area (Å²) in [5, 5.41) is 7.95. The summed E-state index contributed by atoms with van der Waals surface area (Å²) < 4.78 is 5.34. The molecule has 1 atom stereocenters. The lowest BCUT2D eigenvalue weighted by atomic mass is 10.1. The molecule has 26 heavy (non-hydrogen) atoms. The van der Waals surface area contributed by atoms with Crippen molar-refractivity contribution in [2.24, 2.45) is 0 Å². The summed E-state index contributed by atoms with van der Waals surface area (Å²) >= 11 is 12.0. The zero-order valence-corrected chi connectivity index (χ0v) is 16.0. The van der Waals surface area contributed by atoms with Crippen LogP contribution in [-0.2, 0) is 6.42 Å². The van der Waals surface area contributed by atoms with E-state index in [1.807, 2.05) is 25.1 Å². The molecule has 136 valence electrons. The maximum atomic E-state index is 12.7. The van der Waals surface area contributed by atoms with Gasteiger partial charge in [-0.05, 0) is 43.7 Å². The summed E-state index contributed by atoms with van der Waals surface area (Å²) in [7, 11) is 1.79. The number of hydrogen-bond donors (Lipinski definition) is 1. The van der Waals surface area contributed by atoms with Crippen molar-refractivity contribution < 1.29 is 9.21 Å². The van der Waals surface area contributed by atoms with Crippen LogP contribution in [0.2, 0.25) is 10.0 Å². The van der Waals surface area contributed by atoms with Gasteiger partial charge >= 0.3 is 0 Å². The fourth-order valence-corrected chi connectivity index (χ4v) is 2.92. The predicted molar refractivity (Wildman–Crippen MR) is 103 cm³/mol. The second kappa shape index (κ2) is 7.98. The Morgan fingerprint density at radius 3 is 2.77 bits per heavy atom. The fraction of sp³-hybridized carbons (Fsp3) is 0.263. The minimum absolute atomic E-state index is 0.0596. The van der Waals surface area contributed by atoms with Gasteiger partial charge in [-0.2, -0.15) is 5.10 Å². The lowest BCUT2D eigenvalue weighted by Gasteiger charge is -2.24. The van der Waals surface area contributed by atoms with E-state index >= 15 is 0 Å². The molecule has 1 aromatic carbocycles. The topological polar surface area (TPSA) is 62.1 Å². The van der Waals surface area contributed by atoms with Gasteiger partial charge < -0.3 is 9.32 Å². The van der Waals surface area contributed by atoms with E-state index in [1.165, 1.54) is 0 Å². The number of carbonyl (C=O) groups excluding carboxylic acids is 1. The van der Waals surface area contributed by atoms with Gasteiger partial charge in [0.25, 0.3) is 5.91 Å². The molecule has 0 aliphatic heterocycles. The number of carbonyl (C=O) groups is 1. The second-order valence-electron chi connectivity index (χ2n) is 6.18. The average molecular weight is 392 g/mol. The van der Waals surface area contributed by atoms with Crippen molar-refractivity contribution in [1.82, 2.24) is 15.1 Å². The minimum Gasteiger partial charge on any atom is -0.469 e. The number of aromatic nitrogens is 2. The maximum absolute atomic E-state index is 12.7. The highest BCUT2D eigenvalue weighted by Crippen LogP contribution is 2.28. The van der Waals surface area contributed by atoms with Crippen LogP contribution in [0.1, 0.15) is 29.6 Å². The van der Waals surface area contributed by atoms with Crippen LogP contribution in [0.25, 0.3) is 11.3 Å². The van der Waals surface area contributed by atoms with Gasteiger partial charge in [0.15, 0.2) is 0 Å². The van der Waals surface area contributed by atoms with E-state index in [0.717, 1.165) is 24.2 Å². The number of halogens is 2. The normalized spacial score (nSPS) is 12.2. The molecule has 1 unspecified atom stereocenters. The van der Waals surface area contributed by atoms with Crippen molar-refractivity contribution in [1.29, 1.82) is 0 Å². The quantitative estimate of drug-likeness (QED) is 0.637. The van der Waals surface area contributed by atoms with Crippen LogP contribution in [0, 0.1) is 0 Å². The predicted octanol–water partition coefficient (Wildman–Crippen LogP) is 5.07. The largest absolute Gasteiger partial charge is 0.469 e. The number of nitrogens with zero attached hydrogens (tertiary/aromatic N) is 2. The summed E-state index contributed by atoms with van der Waals surface area (Å²) in [6.45, 7) is 2.01. The molecule has 1 N–H and O–H groups in total. The molecule has 2 aromatic heterocycles. The molecule has 2 heterocycles. The summed E-state index contributed by atoms with van der Waals surface area (Å²) in [6, 6.07) is 10.8. The Morgan fingerprint density at radius 1 is 1.27 bits per heavy atom. The number of hydrogen-bond acceptors (Lipinski definition) is 3. The number of nitrogens with one attached hydrogen (secondary N) is 1. The van der Waals surface area contributed by atoms with Crippen LogP contribution in [0.5, 0.6) is 0 Å². The number of furan rings is 1. The van der Waals surface area contributed by atoms with E-state index in [9.17, 15) is 4.79 Å². The van der Waals surface area contributed by atoms with Gasteiger partial charge in [0.1, 0.15) is 11.5 Å². The standard InChI is InChI=1S/C19H19Cl2N3O2/c1-12(5-7-14-4-3-9-26-14)24(2)19(25)18-11-17(22-23-18)13-6-8-15(20)16(21)10-13/h3-4,6,8-12H,5,7H2,1-2H3,(H,22,23). The molecule has 3 aromatic rings. The lowest BCUT2D eigenvalue weighted by molar-refractivity contribution is 0.0730. The Balaban J connectivity index is 1.67. The lowest BCUT2D eigenvalue weighted by Crippen LogP contribution is -2.35. The average Bonchev–Trinajstić information content (AvgIpc) is 3.32. The van der Waals surface area contributed by atoms with Crippen molar-refractivity contribution in [3.05, 3.63) is 64.2 Å².